The van der Waals surface area contributed by atoms with Gasteiger partial charge in [0.2, 0.25) is 0 Å². The fourth-order valence-corrected chi connectivity index (χ4v) is 3.53. The molecule has 0 aliphatic rings. The smallest absolute Gasteiger partial charge is 0.191 e. The predicted octanol–water partition coefficient (Wildman–Crippen LogP) is 2.95. The second kappa shape index (κ2) is 10.1. The summed E-state index contributed by atoms with van der Waals surface area (Å²) in [5.74, 6) is 0.847. The quantitative estimate of drug-likeness (QED) is 0.445. The molecule has 0 saturated carbocycles. The molecule has 0 spiro atoms. The van der Waals surface area contributed by atoms with Crippen LogP contribution in [0.5, 0.6) is 0 Å². The van der Waals surface area contributed by atoms with E-state index in [-0.39, 0.29) is 6.04 Å². The molecule has 1 unspecified atom stereocenters. The number of nitrogens with one attached hydrogen (secondary N) is 2. The monoisotopic (exact) mass is 407 g/mol. The standard InChI is InChI=1S/C23H33N7/c1-6-24-23(27-17(2)14-22-18(3)28-29(5)19(22)4)25-13-12-20-15-26-30(16-20)21-10-8-7-9-11-21/h7-11,15-17H,6,12-14H2,1-5H3,(H2,24,25,27). The van der Waals surface area contributed by atoms with Gasteiger partial charge in [-0.2, -0.15) is 10.2 Å². The van der Waals surface area contributed by atoms with E-state index in [0.717, 1.165) is 36.7 Å². The first-order chi connectivity index (χ1) is 14.5. The van der Waals surface area contributed by atoms with Gasteiger partial charge >= 0.3 is 0 Å². The number of guanidine groups is 1. The van der Waals surface area contributed by atoms with Crippen molar-refractivity contribution in [3.8, 4) is 5.69 Å². The summed E-state index contributed by atoms with van der Waals surface area (Å²) < 4.78 is 3.86. The lowest BCUT2D eigenvalue weighted by atomic mass is 10.1. The van der Waals surface area contributed by atoms with Crippen LogP contribution in [0.1, 0.15) is 36.4 Å². The molecule has 1 atom stereocenters. The number of aryl methyl sites for hydroxylation is 2. The summed E-state index contributed by atoms with van der Waals surface area (Å²) in [6.45, 7) is 9.99. The third kappa shape index (κ3) is 5.49. The third-order valence-electron chi connectivity index (χ3n) is 5.22. The van der Waals surface area contributed by atoms with E-state index in [2.05, 4.69) is 66.9 Å². The molecular weight excluding hydrogens is 374 g/mol. The first kappa shape index (κ1) is 21.6. The highest BCUT2D eigenvalue weighted by Crippen LogP contribution is 2.14. The van der Waals surface area contributed by atoms with Gasteiger partial charge in [-0.15, -0.1) is 0 Å². The molecule has 2 aromatic heterocycles. The van der Waals surface area contributed by atoms with Crippen LogP contribution >= 0.6 is 0 Å². The second-order valence-electron chi connectivity index (χ2n) is 7.66. The maximum absolute atomic E-state index is 4.76. The molecule has 2 N–H and O–H groups in total. The molecule has 160 valence electrons. The number of para-hydroxylation sites is 1. The molecule has 0 radical (unpaired) electrons. The topological polar surface area (TPSA) is 72.1 Å². The molecule has 2 heterocycles. The molecule has 7 nitrogen and oxygen atoms in total. The molecule has 0 aliphatic heterocycles. The minimum absolute atomic E-state index is 0.255. The first-order valence-electron chi connectivity index (χ1n) is 10.6. The van der Waals surface area contributed by atoms with Gasteiger partial charge in [-0.25, -0.2) is 4.68 Å². The molecule has 1 aromatic carbocycles. The SMILES string of the molecule is CCNC(=NCCc1cnn(-c2ccccc2)c1)NC(C)Cc1c(C)nn(C)c1C. The highest BCUT2D eigenvalue weighted by molar-refractivity contribution is 5.80. The lowest BCUT2D eigenvalue weighted by Crippen LogP contribution is -2.43. The number of nitrogens with zero attached hydrogens (tertiary/aromatic N) is 5. The van der Waals surface area contributed by atoms with Crippen LogP contribution in [0.15, 0.2) is 47.7 Å². The zero-order valence-electron chi connectivity index (χ0n) is 18.7. The van der Waals surface area contributed by atoms with Gasteiger partial charge in [-0.3, -0.25) is 9.67 Å². The lowest BCUT2D eigenvalue weighted by molar-refractivity contribution is 0.635. The minimum atomic E-state index is 0.255. The van der Waals surface area contributed by atoms with Crippen molar-refractivity contribution in [2.75, 3.05) is 13.1 Å². The predicted molar refractivity (Wildman–Crippen MR) is 122 cm³/mol. The Morgan fingerprint density at radius 3 is 2.63 bits per heavy atom. The van der Waals surface area contributed by atoms with Crippen LogP contribution in [-0.2, 0) is 19.9 Å². The van der Waals surface area contributed by atoms with Gasteiger partial charge in [-0.1, -0.05) is 18.2 Å². The molecule has 0 saturated heterocycles. The highest BCUT2D eigenvalue weighted by Gasteiger charge is 2.14. The number of hydrogen-bond acceptors (Lipinski definition) is 3. The fraction of sp³-hybridized carbons (Fsp3) is 0.435. The summed E-state index contributed by atoms with van der Waals surface area (Å²) in [7, 11) is 2.00. The van der Waals surface area contributed by atoms with Crippen molar-refractivity contribution in [1.29, 1.82) is 0 Å². The van der Waals surface area contributed by atoms with E-state index in [1.807, 2.05) is 40.8 Å². The van der Waals surface area contributed by atoms with E-state index in [1.54, 1.807) is 0 Å². The van der Waals surface area contributed by atoms with Gasteiger partial charge in [0.25, 0.3) is 0 Å². The summed E-state index contributed by atoms with van der Waals surface area (Å²) in [6, 6.07) is 10.4. The zero-order chi connectivity index (χ0) is 21.5. The molecule has 0 fully saturated rings. The molecule has 7 heteroatoms. The van der Waals surface area contributed by atoms with E-state index in [1.165, 1.54) is 16.8 Å². The van der Waals surface area contributed by atoms with Gasteiger partial charge in [0.05, 0.1) is 17.6 Å². The Morgan fingerprint density at radius 1 is 1.20 bits per heavy atom. The Labute approximate surface area is 179 Å². The summed E-state index contributed by atoms with van der Waals surface area (Å²) >= 11 is 0. The van der Waals surface area contributed by atoms with Crippen LogP contribution in [-0.4, -0.2) is 44.7 Å². The number of hydrogen-bond donors (Lipinski definition) is 2. The maximum atomic E-state index is 4.76. The molecule has 3 aromatic rings. The van der Waals surface area contributed by atoms with E-state index < -0.39 is 0 Å². The maximum Gasteiger partial charge on any atom is 0.191 e. The van der Waals surface area contributed by atoms with Gasteiger partial charge in [0, 0.05) is 38.1 Å². The number of benzene rings is 1. The van der Waals surface area contributed by atoms with Crippen molar-refractivity contribution in [2.24, 2.45) is 12.0 Å². The largest absolute Gasteiger partial charge is 0.357 e. The first-order valence-corrected chi connectivity index (χ1v) is 10.6. The Morgan fingerprint density at radius 2 is 1.97 bits per heavy atom. The zero-order valence-corrected chi connectivity index (χ0v) is 18.7. The number of aromatic nitrogens is 4. The number of rotatable bonds is 8. The van der Waals surface area contributed by atoms with Gasteiger partial charge in [-0.05, 0) is 63.8 Å². The Balaban J connectivity index is 1.57. The van der Waals surface area contributed by atoms with Crippen LogP contribution in [0, 0.1) is 13.8 Å². The minimum Gasteiger partial charge on any atom is -0.357 e. The van der Waals surface area contributed by atoms with Crippen molar-refractivity contribution < 1.29 is 0 Å². The average Bonchev–Trinajstić information content (AvgIpc) is 3.29. The second-order valence-corrected chi connectivity index (χ2v) is 7.66. The molecule has 0 bridgehead atoms. The van der Waals surface area contributed by atoms with Crippen LogP contribution < -0.4 is 10.6 Å². The third-order valence-corrected chi connectivity index (χ3v) is 5.22. The molecule has 3 rings (SSSR count). The molecule has 0 amide bonds. The van der Waals surface area contributed by atoms with E-state index in [9.17, 15) is 0 Å². The Kier molecular flexibility index (Phi) is 7.27. The van der Waals surface area contributed by atoms with E-state index in [4.69, 9.17) is 4.99 Å². The normalized spacial score (nSPS) is 12.8. The van der Waals surface area contributed by atoms with Crippen molar-refractivity contribution >= 4 is 5.96 Å². The fourth-order valence-electron chi connectivity index (χ4n) is 3.53. The molecule has 30 heavy (non-hydrogen) atoms. The van der Waals surface area contributed by atoms with Crippen molar-refractivity contribution in [3.63, 3.8) is 0 Å². The van der Waals surface area contributed by atoms with E-state index in [0.29, 0.717) is 6.54 Å². The van der Waals surface area contributed by atoms with Crippen LogP contribution in [0.25, 0.3) is 5.69 Å². The summed E-state index contributed by atoms with van der Waals surface area (Å²) in [6.07, 6.45) is 5.75. The van der Waals surface area contributed by atoms with Crippen LogP contribution in [0.2, 0.25) is 0 Å². The Bertz CT molecular complexity index is 969. The van der Waals surface area contributed by atoms with Crippen LogP contribution in [0.4, 0.5) is 0 Å². The van der Waals surface area contributed by atoms with Crippen molar-refractivity contribution in [3.05, 3.63) is 65.2 Å². The van der Waals surface area contributed by atoms with E-state index >= 15 is 0 Å². The summed E-state index contributed by atoms with van der Waals surface area (Å²) in [4.78, 5) is 4.76. The van der Waals surface area contributed by atoms with Gasteiger partial charge < -0.3 is 10.6 Å². The van der Waals surface area contributed by atoms with Gasteiger partial charge in [0.1, 0.15) is 0 Å². The van der Waals surface area contributed by atoms with Crippen molar-refractivity contribution in [1.82, 2.24) is 30.2 Å². The Hall–Kier alpha value is -3.09. The van der Waals surface area contributed by atoms with Gasteiger partial charge in [0.15, 0.2) is 5.96 Å². The molecular formula is C23H33N7. The number of aliphatic imine (C=N–C) groups is 1. The van der Waals surface area contributed by atoms with Crippen LogP contribution in [0.3, 0.4) is 0 Å². The lowest BCUT2D eigenvalue weighted by Gasteiger charge is -2.18. The summed E-state index contributed by atoms with van der Waals surface area (Å²) in [5, 5.41) is 15.9. The summed E-state index contributed by atoms with van der Waals surface area (Å²) in [5.41, 5.74) is 5.87. The molecule has 0 aliphatic carbocycles. The average molecular weight is 408 g/mol. The highest BCUT2D eigenvalue weighted by atomic mass is 15.3. The van der Waals surface area contributed by atoms with Crippen molar-refractivity contribution in [2.45, 2.75) is 46.6 Å².